The Labute approximate surface area is 113 Å². The van der Waals surface area contributed by atoms with Crippen molar-refractivity contribution in [3.8, 4) is 0 Å². The summed E-state index contributed by atoms with van der Waals surface area (Å²) in [5.74, 6) is -3.65. The predicted octanol–water partition coefficient (Wildman–Crippen LogP) is 0.156. The minimum Gasteiger partial charge on any atom is -0.359 e. The number of benzene rings is 1. The van der Waals surface area contributed by atoms with Crippen molar-refractivity contribution in [2.45, 2.75) is 6.42 Å². The Morgan fingerprint density at radius 2 is 1.90 bits per heavy atom. The van der Waals surface area contributed by atoms with Gasteiger partial charge in [0.15, 0.2) is 0 Å². The van der Waals surface area contributed by atoms with Gasteiger partial charge >= 0.3 is 11.8 Å². The van der Waals surface area contributed by atoms with Crippen molar-refractivity contribution in [3.05, 3.63) is 29.8 Å². The molecule has 0 aliphatic carbocycles. The van der Waals surface area contributed by atoms with Gasteiger partial charge in [0, 0.05) is 19.2 Å². The zero-order chi connectivity index (χ0) is 15.0. The van der Waals surface area contributed by atoms with Crippen molar-refractivity contribution in [2.24, 2.45) is 0 Å². The molecular weight excluding hydrogens is 272 g/mol. The molecule has 0 saturated heterocycles. The van der Waals surface area contributed by atoms with E-state index in [1.807, 2.05) is 5.32 Å². The van der Waals surface area contributed by atoms with Gasteiger partial charge in [-0.05, 0) is 18.6 Å². The summed E-state index contributed by atoms with van der Waals surface area (Å²) in [6, 6.07) is 2.51. The number of carbonyl (C=O) groups excluding carboxylic acids is 3. The van der Waals surface area contributed by atoms with E-state index in [4.69, 9.17) is 0 Å². The van der Waals surface area contributed by atoms with E-state index in [1.165, 1.54) is 0 Å². The van der Waals surface area contributed by atoms with Crippen LogP contribution in [0.15, 0.2) is 18.2 Å². The zero-order valence-electron chi connectivity index (χ0n) is 10.4. The largest absolute Gasteiger partial charge is 0.359 e. The third-order valence-electron chi connectivity index (χ3n) is 2.25. The van der Waals surface area contributed by atoms with Crippen LogP contribution >= 0.6 is 0 Å². The second-order valence-electron chi connectivity index (χ2n) is 3.76. The summed E-state index contributed by atoms with van der Waals surface area (Å²) in [5, 5.41) is 6.62. The molecule has 0 unspecified atom stereocenters. The van der Waals surface area contributed by atoms with Crippen molar-refractivity contribution >= 4 is 23.9 Å². The minimum atomic E-state index is -1.10. The van der Waals surface area contributed by atoms with Crippen molar-refractivity contribution in [3.63, 3.8) is 0 Å². The molecule has 0 saturated carbocycles. The van der Waals surface area contributed by atoms with Crippen molar-refractivity contribution in [2.75, 3.05) is 18.4 Å². The molecule has 0 bridgehead atoms. The van der Waals surface area contributed by atoms with E-state index in [2.05, 4.69) is 10.6 Å². The first kappa shape index (κ1) is 15.5. The first-order chi connectivity index (χ1) is 9.54. The van der Waals surface area contributed by atoms with Gasteiger partial charge in [-0.2, -0.15) is 0 Å². The fraction of sp³-hybridized carbons (Fsp3) is 0.250. The number of nitrogens with one attached hydrogen (secondary N) is 3. The highest BCUT2D eigenvalue weighted by atomic mass is 19.1. The smallest absolute Gasteiger partial charge is 0.313 e. The molecule has 8 heteroatoms. The summed E-state index contributed by atoms with van der Waals surface area (Å²) in [7, 11) is 0. The monoisotopic (exact) mass is 285 g/mol. The van der Waals surface area contributed by atoms with Gasteiger partial charge in [-0.15, -0.1) is 0 Å². The molecular formula is C12H13F2N3O3. The van der Waals surface area contributed by atoms with Crippen LogP contribution in [-0.2, 0) is 14.4 Å². The molecule has 0 fully saturated rings. The van der Waals surface area contributed by atoms with Crippen LogP contribution in [0.4, 0.5) is 14.5 Å². The molecule has 0 aliphatic heterocycles. The van der Waals surface area contributed by atoms with Crippen LogP contribution in [0.1, 0.15) is 6.42 Å². The van der Waals surface area contributed by atoms with E-state index in [9.17, 15) is 23.2 Å². The van der Waals surface area contributed by atoms with E-state index >= 15 is 0 Å². The maximum atomic E-state index is 13.2. The van der Waals surface area contributed by atoms with Gasteiger partial charge < -0.3 is 16.0 Å². The highest BCUT2D eigenvalue weighted by Crippen LogP contribution is 2.14. The number of hydrogen-bond donors (Lipinski definition) is 3. The normalized spacial score (nSPS) is 9.70. The first-order valence-electron chi connectivity index (χ1n) is 5.76. The lowest BCUT2D eigenvalue weighted by molar-refractivity contribution is -0.136. The fourth-order valence-corrected chi connectivity index (χ4v) is 1.30. The van der Waals surface area contributed by atoms with Crippen LogP contribution in [0.5, 0.6) is 0 Å². The summed E-state index contributed by atoms with van der Waals surface area (Å²) < 4.78 is 26.1. The van der Waals surface area contributed by atoms with Gasteiger partial charge in [-0.3, -0.25) is 14.4 Å². The number of amides is 3. The maximum absolute atomic E-state index is 13.2. The molecule has 108 valence electrons. The molecule has 0 atom stereocenters. The molecule has 0 radical (unpaired) electrons. The van der Waals surface area contributed by atoms with Crippen LogP contribution in [-0.4, -0.2) is 31.3 Å². The van der Waals surface area contributed by atoms with Crippen molar-refractivity contribution in [1.29, 1.82) is 0 Å². The number of hydrogen-bond acceptors (Lipinski definition) is 3. The average molecular weight is 285 g/mol. The quantitative estimate of drug-likeness (QED) is 0.395. The minimum absolute atomic E-state index is 0.165. The van der Waals surface area contributed by atoms with Gasteiger partial charge in [0.1, 0.15) is 11.6 Å². The Balaban J connectivity index is 2.43. The number of halogens is 2. The summed E-state index contributed by atoms with van der Waals surface area (Å²) in [6.45, 7) is 0.517. The van der Waals surface area contributed by atoms with Crippen LogP contribution in [0, 0.1) is 11.6 Å². The molecule has 1 aromatic carbocycles. The van der Waals surface area contributed by atoms with Crippen LogP contribution in [0.3, 0.4) is 0 Å². The lowest BCUT2D eigenvalue weighted by Gasteiger charge is -2.07. The second-order valence-corrected chi connectivity index (χ2v) is 3.76. The van der Waals surface area contributed by atoms with Crippen LogP contribution < -0.4 is 16.0 Å². The molecule has 0 aromatic heterocycles. The highest BCUT2D eigenvalue weighted by molar-refractivity contribution is 6.39. The summed E-state index contributed by atoms with van der Waals surface area (Å²) >= 11 is 0. The van der Waals surface area contributed by atoms with Crippen LogP contribution in [0.25, 0.3) is 0 Å². The van der Waals surface area contributed by atoms with Gasteiger partial charge in [0.05, 0.1) is 5.69 Å². The number of anilines is 1. The van der Waals surface area contributed by atoms with Gasteiger partial charge in [0.25, 0.3) is 0 Å². The van der Waals surface area contributed by atoms with E-state index in [-0.39, 0.29) is 6.54 Å². The molecule has 6 nitrogen and oxygen atoms in total. The van der Waals surface area contributed by atoms with E-state index < -0.39 is 29.1 Å². The van der Waals surface area contributed by atoms with Crippen molar-refractivity contribution < 1.29 is 23.2 Å². The van der Waals surface area contributed by atoms with Gasteiger partial charge in [-0.1, -0.05) is 0 Å². The number of carbonyl (C=O) groups is 3. The van der Waals surface area contributed by atoms with E-state index in [1.54, 1.807) is 0 Å². The van der Waals surface area contributed by atoms with Crippen LogP contribution in [0.2, 0.25) is 0 Å². The van der Waals surface area contributed by atoms with E-state index in [0.717, 1.165) is 18.2 Å². The summed E-state index contributed by atoms with van der Waals surface area (Å²) in [5.41, 5.74) is -0.409. The molecule has 1 aromatic rings. The molecule has 1 rings (SSSR count). The SMILES string of the molecule is O=CNCCCNC(=O)C(=O)Nc1cc(F)ccc1F. The van der Waals surface area contributed by atoms with E-state index in [0.29, 0.717) is 19.4 Å². The molecule has 0 spiro atoms. The third kappa shape index (κ3) is 5.01. The van der Waals surface area contributed by atoms with Gasteiger partial charge in [0.2, 0.25) is 6.41 Å². The molecule has 3 N–H and O–H groups in total. The topological polar surface area (TPSA) is 87.3 Å². The van der Waals surface area contributed by atoms with Crippen molar-refractivity contribution in [1.82, 2.24) is 10.6 Å². The Bertz CT molecular complexity index is 509. The Morgan fingerprint density at radius 3 is 2.60 bits per heavy atom. The molecule has 0 aliphatic rings. The zero-order valence-corrected chi connectivity index (χ0v) is 10.4. The maximum Gasteiger partial charge on any atom is 0.313 e. The Hall–Kier alpha value is -2.51. The predicted molar refractivity (Wildman–Crippen MR) is 66.7 cm³/mol. The second kappa shape index (κ2) is 7.82. The molecule has 3 amide bonds. The third-order valence-corrected chi connectivity index (χ3v) is 2.25. The average Bonchev–Trinajstić information content (AvgIpc) is 2.42. The molecule has 20 heavy (non-hydrogen) atoms. The summed E-state index contributed by atoms with van der Waals surface area (Å²) in [6.07, 6.45) is 0.952. The standard InChI is InChI=1S/C12H13F2N3O3/c13-8-2-3-9(14)10(6-8)17-12(20)11(19)16-5-1-4-15-7-18/h2-3,6-7H,1,4-5H2,(H,15,18)(H,16,19)(H,17,20). The number of rotatable bonds is 6. The lowest BCUT2D eigenvalue weighted by Crippen LogP contribution is -2.36. The highest BCUT2D eigenvalue weighted by Gasteiger charge is 2.15. The van der Waals surface area contributed by atoms with Gasteiger partial charge in [-0.25, -0.2) is 8.78 Å². The first-order valence-corrected chi connectivity index (χ1v) is 5.76. The Kier molecular flexibility index (Phi) is 6.08. The fourth-order valence-electron chi connectivity index (χ4n) is 1.30. The Morgan fingerprint density at radius 1 is 1.15 bits per heavy atom. The molecule has 0 heterocycles. The summed E-state index contributed by atoms with van der Waals surface area (Å²) in [4.78, 5) is 32.7. The lowest BCUT2D eigenvalue weighted by atomic mass is 10.3.